The van der Waals surface area contributed by atoms with Gasteiger partial charge in [0, 0.05) is 12.4 Å². The summed E-state index contributed by atoms with van der Waals surface area (Å²) in [6, 6.07) is 3.08. The summed E-state index contributed by atoms with van der Waals surface area (Å²) in [7, 11) is 0. The number of aromatic carboxylic acids is 1. The minimum absolute atomic E-state index is 0.00179. The Bertz CT molecular complexity index is 730. The molecule has 0 radical (unpaired) electrons. The number of fused-ring (bicyclic) bond motifs is 1. The van der Waals surface area contributed by atoms with E-state index >= 15 is 0 Å². The number of nitrogen functional groups attached to an aromatic ring is 1. The number of hydrogen-bond acceptors (Lipinski definition) is 5. The van der Waals surface area contributed by atoms with E-state index in [0.717, 1.165) is 0 Å². The predicted octanol–water partition coefficient (Wildman–Crippen LogP) is 0.195. The van der Waals surface area contributed by atoms with Gasteiger partial charge in [-0.2, -0.15) is 4.98 Å². The van der Waals surface area contributed by atoms with Crippen LogP contribution in [-0.2, 0) is 0 Å². The lowest BCUT2D eigenvalue weighted by molar-refractivity contribution is 0.0687. The number of anilines is 1. The third-order valence-corrected chi connectivity index (χ3v) is 2.48. The van der Waals surface area contributed by atoms with E-state index in [-0.39, 0.29) is 11.6 Å². The highest BCUT2D eigenvalue weighted by atomic mass is 16.4. The van der Waals surface area contributed by atoms with Crippen LogP contribution in [0.2, 0.25) is 0 Å². The van der Waals surface area contributed by atoms with Gasteiger partial charge in [-0.15, -0.1) is 5.10 Å². The zero-order valence-electron chi connectivity index (χ0n) is 9.06. The Morgan fingerprint density at radius 2 is 2.22 bits per heavy atom. The predicted molar refractivity (Wildman–Crippen MR) is 61.5 cm³/mol. The van der Waals surface area contributed by atoms with E-state index in [0.29, 0.717) is 11.3 Å². The van der Waals surface area contributed by atoms with Crippen LogP contribution in [0.3, 0.4) is 0 Å². The highest BCUT2D eigenvalue weighted by molar-refractivity contribution is 5.87. The largest absolute Gasteiger partial charge is 0.477 e. The van der Waals surface area contributed by atoms with Crippen LogP contribution in [-0.4, -0.2) is 35.2 Å². The molecule has 0 saturated carbocycles. The number of pyridine rings is 1. The molecule has 0 spiro atoms. The van der Waals surface area contributed by atoms with Crippen LogP contribution in [0.5, 0.6) is 0 Å². The Kier molecular flexibility index (Phi) is 2.03. The molecule has 3 aromatic rings. The molecule has 0 fully saturated rings. The molecule has 3 N–H and O–H groups in total. The molecule has 0 bridgehead atoms. The number of carbonyl (C=O) groups is 1. The molecule has 18 heavy (non-hydrogen) atoms. The monoisotopic (exact) mass is 244 g/mol. The summed E-state index contributed by atoms with van der Waals surface area (Å²) in [5.74, 6) is -1.08. The van der Waals surface area contributed by atoms with Crippen LogP contribution in [0.25, 0.3) is 11.3 Å². The first-order valence-electron chi connectivity index (χ1n) is 5.03. The first-order valence-corrected chi connectivity index (χ1v) is 5.03. The number of nitrogens with two attached hydrogens (primary N) is 1. The van der Waals surface area contributed by atoms with E-state index < -0.39 is 5.97 Å². The van der Waals surface area contributed by atoms with Gasteiger partial charge in [0.2, 0.25) is 5.95 Å². The van der Waals surface area contributed by atoms with Crippen LogP contribution in [0, 0.1) is 0 Å². The second-order valence-corrected chi connectivity index (χ2v) is 3.58. The third-order valence-electron chi connectivity index (χ3n) is 2.48. The van der Waals surface area contributed by atoms with Crippen molar-refractivity contribution < 1.29 is 9.90 Å². The molecule has 90 valence electrons. The molecular weight excluding hydrogens is 236 g/mol. The van der Waals surface area contributed by atoms with Crippen LogP contribution in [0.4, 0.5) is 5.95 Å². The topological polar surface area (TPSA) is 111 Å². The lowest BCUT2D eigenvalue weighted by Crippen LogP contribution is -2.08. The van der Waals surface area contributed by atoms with Crippen LogP contribution >= 0.6 is 0 Å². The zero-order chi connectivity index (χ0) is 12.7. The summed E-state index contributed by atoms with van der Waals surface area (Å²) in [6.45, 7) is 0. The second kappa shape index (κ2) is 3.55. The van der Waals surface area contributed by atoms with E-state index in [1.807, 2.05) is 0 Å². The molecule has 3 aromatic heterocycles. The number of rotatable bonds is 2. The Hall–Kier alpha value is -2.90. The molecule has 3 rings (SSSR count). The van der Waals surface area contributed by atoms with Gasteiger partial charge in [-0.3, -0.25) is 0 Å². The summed E-state index contributed by atoms with van der Waals surface area (Å²) in [5.41, 5.74) is 6.54. The Balaban J connectivity index is 2.36. The number of carboxylic acid groups (broad SMARTS) is 1. The molecule has 0 unspecified atom stereocenters. The van der Waals surface area contributed by atoms with Crippen molar-refractivity contribution in [1.29, 1.82) is 0 Å². The van der Waals surface area contributed by atoms with Gasteiger partial charge in [-0.25, -0.2) is 14.3 Å². The van der Waals surface area contributed by atoms with Crippen molar-refractivity contribution in [2.45, 2.75) is 0 Å². The van der Waals surface area contributed by atoms with Gasteiger partial charge >= 0.3 is 5.97 Å². The molecule has 0 aliphatic heterocycles. The Morgan fingerprint density at radius 3 is 2.89 bits per heavy atom. The second-order valence-electron chi connectivity index (χ2n) is 3.58. The highest BCUT2D eigenvalue weighted by Crippen LogP contribution is 2.17. The molecule has 8 heteroatoms. The number of nitrogens with zero attached hydrogens (tertiary/aromatic N) is 5. The van der Waals surface area contributed by atoms with Gasteiger partial charge < -0.3 is 15.4 Å². The average Bonchev–Trinajstić information content (AvgIpc) is 2.94. The first-order chi connectivity index (χ1) is 8.66. The maximum absolute atomic E-state index is 11.1. The maximum Gasteiger partial charge on any atom is 0.354 e. The Morgan fingerprint density at radius 1 is 1.39 bits per heavy atom. The average molecular weight is 244 g/mol. The van der Waals surface area contributed by atoms with Gasteiger partial charge in [0.15, 0.2) is 11.3 Å². The molecule has 8 nitrogen and oxygen atoms in total. The normalized spacial score (nSPS) is 10.9. The maximum atomic E-state index is 11.1. The van der Waals surface area contributed by atoms with Gasteiger partial charge in [-0.1, -0.05) is 0 Å². The molecule has 0 aromatic carbocycles. The first kappa shape index (κ1) is 10.3. The molecular formula is C10H8N6O2. The smallest absolute Gasteiger partial charge is 0.354 e. The molecule has 0 aliphatic rings. The van der Waals surface area contributed by atoms with Crippen molar-refractivity contribution in [3.63, 3.8) is 0 Å². The van der Waals surface area contributed by atoms with E-state index in [1.165, 1.54) is 10.6 Å². The van der Waals surface area contributed by atoms with Crippen molar-refractivity contribution >= 4 is 17.6 Å². The van der Waals surface area contributed by atoms with Crippen LogP contribution < -0.4 is 5.73 Å². The molecule has 3 heterocycles. The molecule has 0 amide bonds. The van der Waals surface area contributed by atoms with Gasteiger partial charge in [0.25, 0.3) is 0 Å². The lowest BCUT2D eigenvalue weighted by atomic mass is 10.3. The summed E-state index contributed by atoms with van der Waals surface area (Å²) >= 11 is 0. The minimum Gasteiger partial charge on any atom is -0.477 e. The SMILES string of the molecule is Nc1nc2c(-n3ccnc3)ccc(C(=O)O)n2n1. The summed E-state index contributed by atoms with van der Waals surface area (Å²) < 4.78 is 2.90. The quantitative estimate of drug-likeness (QED) is 0.665. The Labute approximate surface area is 100 Å². The lowest BCUT2D eigenvalue weighted by Gasteiger charge is -2.05. The van der Waals surface area contributed by atoms with Crippen LogP contribution in [0.15, 0.2) is 30.9 Å². The van der Waals surface area contributed by atoms with Crippen molar-refractivity contribution in [2.75, 3.05) is 5.73 Å². The summed E-state index contributed by atoms with van der Waals surface area (Å²) in [6.07, 6.45) is 4.92. The summed E-state index contributed by atoms with van der Waals surface area (Å²) in [5, 5.41) is 12.9. The molecule has 0 atom stereocenters. The fourth-order valence-electron chi connectivity index (χ4n) is 1.73. The van der Waals surface area contributed by atoms with Gasteiger partial charge in [-0.05, 0) is 12.1 Å². The van der Waals surface area contributed by atoms with Crippen molar-refractivity contribution in [3.8, 4) is 5.69 Å². The number of hydrogen-bond donors (Lipinski definition) is 2. The standard InChI is InChI=1S/C10H8N6O2/c11-10-13-8-6(15-4-3-12-5-15)1-2-7(9(17)18)16(8)14-10/h1-5H,(H2,11,14)(H,17,18). The fourth-order valence-corrected chi connectivity index (χ4v) is 1.73. The highest BCUT2D eigenvalue weighted by Gasteiger charge is 2.15. The fraction of sp³-hybridized carbons (Fsp3) is 0. The summed E-state index contributed by atoms with van der Waals surface area (Å²) in [4.78, 5) is 19.0. The molecule has 0 saturated heterocycles. The van der Waals surface area contributed by atoms with Gasteiger partial charge in [0.1, 0.15) is 0 Å². The van der Waals surface area contributed by atoms with Crippen molar-refractivity contribution in [3.05, 3.63) is 36.5 Å². The van der Waals surface area contributed by atoms with E-state index in [2.05, 4.69) is 15.1 Å². The minimum atomic E-state index is -1.10. The third kappa shape index (κ3) is 1.39. The van der Waals surface area contributed by atoms with E-state index in [1.54, 1.807) is 29.4 Å². The van der Waals surface area contributed by atoms with Crippen LogP contribution in [0.1, 0.15) is 10.5 Å². The number of aromatic nitrogens is 5. The van der Waals surface area contributed by atoms with Crippen molar-refractivity contribution in [1.82, 2.24) is 24.1 Å². The van der Waals surface area contributed by atoms with E-state index in [4.69, 9.17) is 10.8 Å². The number of imidazole rings is 1. The molecule has 0 aliphatic carbocycles. The van der Waals surface area contributed by atoms with Crippen molar-refractivity contribution in [2.24, 2.45) is 0 Å². The van der Waals surface area contributed by atoms with E-state index in [9.17, 15) is 4.79 Å². The zero-order valence-corrected chi connectivity index (χ0v) is 9.06. The number of carboxylic acids is 1. The van der Waals surface area contributed by atoms with Gasteiger partial charge in [0.05, 0.1) is 12.0 Å².